The van der Waals surface area contributed by atoms with Crippen molar-refractivity contribution in [2.45, 2.75) is 19.5 Å². The van der Waals surface area contributed by atoms with Crippen LogP contribution in [0.4, 0.5) is 8.78 Å². The number of halogens is 2. The molecule has 0 radical (unpaired) electrons. The fraction of sp³-hybridized carbons (Fsp3) is 0.211. The lowest BCUT2D eigenvalue weighted by Gasteiger charge is -2.27. The van der Waals surface area contributed by atoms with Crippen LogP contribution in [0.15, 0.2) is 47.4 Å². The number of nitrogens with one attached hydrogen (secondary N) is 1. The van der Waals surface area contributed by atoms with E-state index in [0.29, 0.717) is 48.7 Å². The fourth-order valence-corrected chi connectivity index (χ4v) is 3.20. The van der Waals surface area contributed by atoms with Gasteiger partial charge in [-0.2, -0.15) is 0 Å². The first-order chi connectivity index (χ1) is 12.6. The SMILES string of the molecule is O=c1[nH]c(-c2ccccn2)nc2c1CN(Cc1cc(F)cc(F)c1)CC2. The number of hydrogen-bond donors (Lipinski definition) is 1. The van der Waals surface area contributed by atoms with Crippen molar-refractivity contribution in [2.75, 3.05) is 6.54 Å². The lowest BCUT2D eigenvalue weighted by Crippen LogP contribution is -2.35. The van der Waals surface area contributed by atoms with Gasteiger partial charge in [-0.05, 0) is 29.8 Å². The molecule has 0 saturated carbocycles. The first-order valence-electron chi connectivity index (χ1n) is 8.29. The Morgan fingerprint density at radius 3 is 2.69 bits per heavy atom. The molecule has 0 amide bonds. The number of aromatic nitrogens is 3. The van der Waals surface area contributed by atoms with E-state index in [1.807, 2.05) is 11.0 Å². The van der Waals surface area contributed by atoms with Crippen molar-refractivity contribution in [3.63, 3.8) is 0 Å². The van der Waals surface area contributed by atoms with Crippen LogP contribution in [0, 0.1) is 11.6 Å². The van der Waals surface area contributed by atoms with Crippen molar-refractivity contribution in [1.29, 1.82) is 0 Å². The molecule has 1 aromatic carbocycles. The van der Waals surface area contributed by atoms with E-state index in [-0.39, 0.29) is 5.56 Å². The van der Waals surface area contributed by atoms with Crippen LogP contribution in [-0.4, -0.2) is 26.4 Å². The minimum Gasteiger partial charge on any atom is -0.305 e. The predicted molar refractivity (Wildman–Crippen MR) is 92.3 cm³/mol. The van der Waals surface area contributed by atoms with Crippen LogP contribution >= 0.6 is 0 Å². The molecular weight excluding hydrogens is 338 g/mol. The maximum atomic E-state index is 13.4. The number of H-pyrrole nitrogens is 1. The van der Waals surface area contributed by atoms with Gasteiger partial charge in [-0.15, -0.1) is 0 Å². The Balaban J connectivity index is 1.58. The third-order valence-corrected chi connectivity index (χ3v) is 4.38. The van der Waals surface area contributed by atoms with Crippen LogP contribution in [0.25, 0.3) is 11.5 Å². The summed E-state index contributed by atoms with van der Waals surface area (Å²) in [5.74, 6) is -0.746. The average Bonchev–Trinajstić information content (AvgIpc) is 2.62. The highest BCUT2D eigenvalue weighted by Gasteiger charge is 2.22. The summed E-state index contributed by atoms with van der Waals surface area (Å²) in [5, 5.41) is 0. The second kappa shape index (κ2) is 6.76. The largest absolute Gasteiger partial charge is 0.305 e. The number of aromatic amines is 1. The second-order valence-corrected chi connectivity index (χ2v) is 6.29. The molecule has 1 aliphatic rings. The summed E-state index contributed by atoms with van der Waals surface area (Å²) in [4.78, 5) is 26.0. The van der Waals surface area contributed by atoms with Gasteiger partial charge in [0.15, 0.2) is 5.82 Å². The van der Waals surface area contributed by atoms with Crippen molar-refractivity contribution in [3.05, 3.63) is 81.4 Å². The molecule has 0 aliphatic carbocycles. The van der Waals surface area contributed by atoms with Crippen molar-refractivity contribution in [3.8, 4) is 11.5 Å². The number of hydrogen-bond acceptors (Lipinski definition) is 4. The third-order valence-electron chi connectivity index (χ3n) is 4.38. The summed E-state index contributed by atoms with van der Waals surface area (Å²) in [6.45, 7) is 1.41. The maximum absolute atomic E-state index is 13.4. The minimum absolute atomic E-state index is 0.203. The van der Waals surface area contributed by atoms with Gasteiger partial charge in [0.2, 0.25) is 0 Å². The van der Waals surface area contributed by atoms with E-state index in [1.165, 1.54) is 12.1 Å². The van der Waals surface area contributed by atoms with Gasteiger partial charge in [-0.25, -0.2) is 13.8 Å². The summed E-state index contributed by atoms with van der Waals surface area (Å²) >= 11 is 0. The molecule has 4 rings (SSSR count). The Kier molecular flexibility index (Phi) is 4.30. The van der Waals surface area contributed by atoms with Crippen molar-refractivity contribution in [1.82, 2.24) is 19.9 Å². The average molecular weight is 354 g/mol. The van der Waals surface area contributed by atoms with E-state index in [2.05, 4.69) is 15.0 Å². The van der Waals surface area contributed by atoms with Gasteiger partial charge >= 0.3 is 0 Å². The number of nitrogens with zero attached hydrogens (tertiary/aromatic N) is 3. The Morgan fingerprint density at radius 2 is 1.96 bits per heavy atom. The van der Waals surface area contributed by atoms with Crippen LogP contribution < -0.4 is 5.56 Å². The van der Waals surface area contributed by atoms with E-state index in [9.17, 15) is 13.6 Å². The quantitative estimate of drug-likeness (QED) is 0.786. The lowest BCUT2D eigenvalue weighted by atomic mass is 10.1. The fourth-order valence-electron chi connectivity index (χ4n) is 3.20. The zero-order valence-corrected chi connectivity index (χ0v) is 13.9. The lowest BCUT2D eigenvalue weighted by molar-refractivity contribution is 0.241. The molecule has 0 spiro atoms. The van der Waals surface area contributed by atoms with Crippen LogP contribution in [0.1, 0.15) is 16.8 Å². The van der Waals surface area contributed by atoms with Gasteiger partial charge in [0.1, 0.15) is 17.3 Å². The summed E-state index contributed by atoms with van der Waals surface area (Å²) in [6, 6.07) is 8.90. The topological polar surface area (TPSA) is 61.9 Å². The van der Waals surface area contributed by atoms with E-state index in [4.69, 9.17) is 0 Å². The number of benzene rings is 1. The normalized spacial score (nSPS) is 14.2. The van der Waals surface area contributed by atoms with Crippen molar-refractivity contribution in [2.24, 2.45) is 0 Å². The summed E-state index contributed by atoms with van der Waals surface area (Å²) in [5.41, 5.74) is 2.29. The molecule has 5 nitrogen and oxygen atoms in total. The highest BCUT2D eigenvalue weighted by Crippen LogP contribution is 2.19. The molecule has 0 unspecified atom stereocenters. The molecule has 0 atom stereocenters. The molecule has 2 aromatic heterocycles. The van der Waals surface area contributed by atoms with Crippen LogP contribution in [0.5, 0.6) is 0 Å². The van der Waals surface area contributed by atoms with Crippen molar-refractivity contribution < 1.29 is 8.78 Å². The molecule has 3 aromatic rings. The Hall–Kier alpha value is -2.93. The van der Waals surface area contributed by atoms with E-state index in [1.54, 1.807) is 18.3 Å². The molecule has 0 fully saturated rings. The zero-order valence-electron chi connectivity index (χ0n) is 13.9. The van der Waals surface area contributed by atoms with Crippen LogP contribution in [0.3, 0.4) is 0 Å². The van der Waals surface area contributed by atoms with Gasteiger partial charge in [-0.1, -0.05) is 6.07 Å². The Labute approximate surface area is 148 Å². The molecule has 3 heterocycles. The number of pyridine rings is 1. The smallest absolute Gasteiger partial charge is 0.255 e. The summed E-state index contributed by atoms with van der Waals surface area (Å²) in [6.07, 6.45) is 2.24. The van der Waals surface area contributed by atoms with Crippen LogP contribution in [-0.2, 0) is 19.5 Å². The van der Waals surface area contributed by atoms with E-state index >= 15 is 0 Å². The molecule has 0 saturated heterocycles. The second-order valence-electron chi connectivity index (χ2n) is 6.29. The van der Waals surface area contributed by atoms with Gasteiger partial charge in [0.05, 0.1) is 11.3 Å². The molecule has 7 heteroatoms. The summed E-state index contributed by atoms with van der Waals surface area (Å²) in [7, 11) is 0. The highest BCUT2D eigenvalue weighted by molar-refractivity contribution is 5.49. The monoisotopic (exact) mass is 354 g/mol. The number of rotatable bonds is 3. The van der Waals surface area contributed by atoms with Crippen LogP contribution in [0.2, 0.25) is 0 Å². The molecule has 132 valence electrons. The number of fused-ring (bicyclic) bond motifs is 1. The minimum atomic E-state index is -0.600. The predicted octanol–water partition coefficient (Wildman–Crippen LogP) is 2.67. The van der Waals surface area contributed by atoms with E-state index in [0.717, 1.165) is 11.8 Å². The first-order valence-corrected chi connectivity index (χ1v) is 8.29. The molecular formula is C19H16F2N4O. The highest BCUT2D eigenvalue weighted by atomic mass is 19.1. The van der Waals surface area contributed by atoms with Gasteiger partial charge in [-0.3, -0.25) is 14.7 Å². The standard InChI is InChI=1S/C19H16F2N4O/c20-13-7-12(8-14(21)9-13)10-25-6-4-16-15(11-25)19(26)24-18(23-16)17-3-1-2-5-22-17/h1-3,5,7-9H,4,6,10-11H2,(H,23,24,26). The molecule has 0 bridgehead atoms. The Bertz CT molecular complexity index is 984. The zero-order chi connectivity index (χ0) is 18.1. The third kappa shape index (κ3) is 3.39. The molecule has 26 heavy (non-hydrogen) atoms. The van der Waals surface area contributed by atoms with Gasteiger partial charge < -0.3 is 4.98 Å². The maximum Gasteiger partial charge on any atom is 0.255 e. The summed E-state index contributed by atoms with van der Waals surface area (Å²) < 4.78 is 26.7. The first kappa shape index (κ1) is 16.5. The Morgan fingerprint density at radius 1 is 1.15 bits per heavy atom. The molecule has 1 aliphatic heterocycles. The van der Waals surface area contributed by atoms with Gasteiger partial charge in [0.25, 0.3) is 5.56 Å². The molecule has 1 N–H and O–H groups in total. The van der Waals surface area contributed by atoms with Crippen molar-refractivity contribution >= 4 is 0 Å². The van der Waals surface area contributed by atoms with E-state index < -0.39 is 11.6 Å². The van der Waals surface area contributed by atoms with Gasteiger partial charge in [0, 0.05) is 38.3 Å².